The highest BCUT2D eigenvalue weighted by Gasteiger charge is 2.72. The fourth-order valence-electron chi connectivity index (χ4n) is 6.97. The van der Waals surface area contributed by atoms with Crippen LogP contribution in [0.5, 0.6) is 0 Å². The third kappa shape index (κ3) is 4.54. The molecule has 4 aliphatic heterocycles. The number of fused-ring (bicyclic) bond motifs is 1. The number of hydrogen-bond donors (Lipinski definition) is 2. The third-order valence-electron chi connectivity index (χ3n) is 8.96. The lowest BCUT2D eigenvalue weighted by atomic mass is 9.74. The topological polar surface area (TPSA) is 100 Å². The summed E-state index contributed by atoms with van der Waals surface area (Å²) < 4.78 is 11.9. The first-order chi connectivity index (χ1) is 18.5. The minimum Gasteiger partial charge on any atom is -0.379 e. The summed E-state index contributed by atoms with van der Waals surface area (Å²) >= 11 is 0. The zero-order valence-corrected chi connectivity index (χ0v) is 22.1. The molecule has 2 bridgehead atoms. The number of benzene rings is 1. The minimum atomic E-state index is -1.12. The van der Waals surface area contributed by atoms with Crippen LogP contribution in [0, 0.1) is 18.8 Å². The number of morpholine rings is 1. The van der Waals surface area contributed by atoms with E-state index in [4.69, 9.17) is 9.47 Å². The Morgan fingerprint density at radius 1 is 1.03 bits per heavy atom. The Kier molecular flexibility index (Phi) is 7.01. The van der Waals surface area contributed by atoms with Crippen LogP contribution in [0.15, 0.2) is 36.4 Å². The molecule has 0 radical (unpaired) electrons. The number of likely N-dealkylation sites (tertiary alicyclic amines) is 1. The highest BCUT2D eigenvalue weighted by Crippen LogP contribution is 2.55. The van der Waals surface area contributed by atoms with Crippen molar-refractivity contribution in [1.82, 2.24) is 15.1 Å². The third-order valence-corrected chi connectivity index (χ3v) is 8.96. The van der Waals surface area contributed by atoms with E-state index in [2.05, 4.69) is 15.5 Å². The summed E-state index contributed by atoms with van der Waals surface area (Å²) in [6, 6.07) is 6.92. The number of carbonyl (C=O) groups is 3. The molecule has 1 aliphatic carbocycles. The summed E-state index contributed by atoms with van der Waals surface area (Å²) in [6.07, 6.45) is 8.53. The molecule has 3 saturated heterocycles. The van der Waals surface area contributed by atoms with Crippen molar-refractivity contribution >= 4 is 23.4 Å². The normalized spacial score (nSPS) is 33.0. The summed E-state index contributed by atoms with van der Waals surface area (Å²) in [5, 5.41) is 6.24. The second-order valence-electron chi connectivity index (χ2n) is 11.4. The van der Waals surface area contributed by atoms with Gasteiger partial charge in [0, 0.05) is 37.9 Å². The maximum Gasteiger partial charge on any atom is 0.246 e. The number of amides is 3. The fraction of sp³-hybridized carbons (Fsp3) is 0.621. The molecule has 1 saturated carbocycles. The molecule has 1 aromatic carbocycles. The van der Waals surface area contributed by atoms with Crippen LogP contribution < -0.4 is 10.6 Å². The fourth-order valence-corrected chi connectivity index (χ4v) is 6.97. The summed E-state index contributed by atoms with van der Waals surface area (Å²) in [5.74, 6) is -2.00. The van der Waals surface area contributed by atoms with Crippen LogP contribution >= 0.6 is 0 Å². The molecule has 4 heterocycles. The van der Waals surface area contributed by atoms with Gasteiger partial charge in [-0.05, 0) is 31.9 Å². The first-order valence-corrected chi connectivity index (χ1v) is 14.1. The maximum atomic E-state index is 14.1. The molecule has 1 aromatic rings. The number of nitrogens with zero attached hydrogens (tertiary/aromatic N) is 2. The predicted octanol–water partition coefficient (Wildman–Crippen LogP) is 1.87. The lowest BCUT2D eigenvalue weighted by Gasteiger charge is -2.35. The Morgan fingerprint density at radius 2 is 1.76 bits per heavy atom. The van der Waals surface area contributed by atoms with Crippen molar-refractivity contribution in [3.05, 3.63) is 42.0 Å². The molecule has 2 N–H and O–H groups in total. The summed E-state index contributed by atoms with van der Waals surface area (Å²) in [7, 11) is 0. The van der Waals surface area contributed by atoms with E-state index in [9.17, 15) is 14.4 Å². The number of anilines is 1. The zero-order valence-electron chi connectivity index (χ0n) is 22.1. The monoisotopic (exact) mass is 522 g/mol. The van der Waals surface area contributed by atoms with E-state index in [1.165, 1.54) is 6.42 Å². The standard InChI is InChI=1S/C29H38N4O5/c1-19-7-9-21(10-8-19)30-26(34)23-22-11-12-29(38-22)24(23)28(36)33(14-13-32-15-17-37-18-16-32)25(29)27(35)31-20-5-3-2-4-6-20/h7-12,20,22-25H,2-6,13-18H2,1H3,(H,30,34)(H,31,35)/t22-,23-,24-,25+,29-/m1/s1. The van der Waals surface area contributed by atoms with Crippen LogP contribution in [0.3, 0.4) is 0 Å². The van der Waals surface area contributed by atoms with Gasteiger partial charge in [-0.3, -0.25) is 19.3 Å². The molecule has 5 aliphatic rings. The lowest BCUT2D eigenvalue weighted by Crippen LogP contribution is -2.57. The first-order valence-electron chi connectivity index (χ1n) is 14.1. The summed E-state index contributed by atoms with van der Waals surface area (Å²) in [5.41, 5.74) is 0.658. The average Bonchev–Trinajstić information content (AvgIpc) is 3.57. The van der Waals surface area contributed by atoms with Crippen molar-refractivity contribution in [1.29, 1.82) is 0 Å². The second-order valence-corrected chi connectivity index (χ2v) is 11.4. The number of aryl methyl sites for hydroxylation is 1. The van der Waals surface area contributed by atoms with Crippen LogP contribution in [0.4, 0.5) is 5.69 Å². The molecule has 9 nitrogen and oxygen atoms in total. The van der Waals surface area contributed by atoms with Gasteiger partial charge in [-0.15, -0.1) is 0 Å². The van der Waals surface area contributed by atoms with Gasteiger partial charge >= 0.3 is 0 Å². The van der Waals surface area contributed by atoms with Crippen molar-refractivity contribution in [3.63, 3.8) is 0 Å². The van der Waals surface area contributed by atoms with Crippen LogP contribution in [0.2, 0.25) is 0 Å². The number of nitrogens with one attached hydrogen (secondary N) is 2. The molecule has 4 fully saturated rings. The van der Waals surface area contributed by atoms with Gasteiger partial charge in [-0.2, -0.15) is 0 Å². The smallest absolute Gasteiger partial charge is 0.246 e. The van der Waals surface area contributed by atoms with Gasteiger partial charge in [-0.25, -0.2) is 0 Å². The van der Waals surface area contributed by atoms with Crippen molar-refractivity contribution in [3.8, 4) is 0 Å². The molecule has 0 unspecified atom stereocenters. The van der Waals surface area contributed by atoms with E-state index in [1.807, 2.05) is 43.3 Å². The van der Waals surface area contributed by atoms with Crippen LogP contribution in [-0.2, 0) is 23.9 Å². The molecule has 204 valence electrons. The van der Waals surface area contributed by atoms with Crippen molar-refractivity contribution in [2.24, 2.45) is 11.8 Å². The molecule has 0 aromatic heterocycles. The van der Waals surface area contributed by atoms with Crippen LogP contribution in [0.25, 0.3) is 0 Å². The van der Waals surface area contributed by atoms with E-state index in [-0.39, 0.29) is 23.8 Å². The van der Waals surface area contributed by atoms with E-state index in [1.54, 1.807) is 4.90 Å². The first kappa shape index (κ1) is 25.5. The Labute approximate surface area is 223 Å². The number of ether oxygens (including phenoxy) is 2. The molecular weight excluding hydrogens is 484 g/mol. The zero-order chi connectivity index (χ0) is 26.3. The molecule has 3 amide bonds. The lowest BCUT2D eigenvalue weighted by molar-refractivity contribution is -0.141. The molecular formula is C29H38N4O5. The Morgan fingerprint density at radius 3 is 2.50 bits per heavy atom. The van der Waals surface area contributed by atoms with Crippen LogP contribution in [0.1, 0.15) is 37.7 Å². The summed E-state index contributed by atoms with van der Waals surface area (Å²) in [6.45, 7) is 5.99. The molecule has 6 rings (SSSR count). The number of rotatable bonds is 7. The SMILES string of the molecule is Cc1ccc(NC(=O)[C@@H]2[C@H]3C=C[C@]4(O3)[C@H](C(=O)NC3CCCCC3)N(CCN3CCOCC3)C(=O)[C@@H]24)cc1. The molecule has 1 spiro atoms. The van der Waals surface area contributed by atoms with Gasteiger partial charge in [0.1, 0.15) is 11.6 Å². The number of hydrogen-bond acceptors (Lipinski definition) is 6. The van der Waals surface area contributed by atoms with Gasteiger partial charge in [0.05, 0.1) is 31.2 Å². The molecule has 9 heteroatoms. The Balaban J connectivity index is 1.26. The van der Waals surface area contributed by atoms with Crippen molar-refractivity contribution in [2.45, 2.75) is 62.8 Å². The van der Waals surface area contributed by atoms with E-state index >= 15 is 0 Å². The van der Waals surface area contributed by atoms with Crippen molar-refractivity contribution < 1.29 is 23.9 Å². The Bertz CT molecular complexity index is 1090. The second kappa shape index (κ2) is 10.4. The van der Waals surface area contributed by atoms with Gasteiger partial charge in [0.2, 0.25) is 17.7 Å². The van der Waals surface area contributed by atoms with Gasteiger partial charge in [0.25, 0.3) is 0 Å². The van der Waals surface area contributed by atoms with E-state index in [0.29, 0.717) is 32.0 Å². The van der Waals surface area contributed by atoms with Crippen LogP contribution in [-0.4, -0.2) is 90.7 Å². The van der Waals surface area contributed by atoms with Gasteiger partial charge in [-0.1, -0.05) is 49.1 Å². The average molecular weight is 523 g/mol. The summed E-state index contributed by atoms with van der Waals surface area (Å²) in [4.78, 5) is 45.5. The van der Waals surface area contributed by atoms with E-state index in [0.717, 1.165) is 44.3 Å². The van der Waals surface area contributed by atoms with Gasteiger partial charge in [0.15, 0.2) is 0 Å². The Hall–Kier alpha value is -2.75. The maximum absolute atomic E-state index is 14.1. The molecule has 5 atom stereocenters. The van der Waals surface area contributed by atoms with E-state index < -0.39 is 29.6 Å². The van der Waals surface area contributed by atoms with Gasteiger partial charge < -0.3 is 25.0 Å². The largest absolute Gasteiger partial charge is 0.379 e. The minimum absolute atomic E-state index is 0.117. The highest BCUT2D eigenvalue weighted by atomic mass is 16.5. The quantitative estimate of drug-likeness (QED) is 0.531. The van der Waals surface area contributed by atoms with Crippen molar-refractivity contribution in [2.75, 3.05) is 44.7 Å². The number of carbonyl (C=O) groups excluding carboxylic acids is 3. The molecule has 38 heavy (non-hydrogen) atoms. The highest BCUT2D eigenvalue weighted by molar-refractivity contribution is 6.02. The predicted molar refractivity (Wildman–Crippen MR) is 141 cm³/mol.